The van der Waals surface area contributed by atoms with Gasteiger partial charge in [-0.1, -0.05) is 42.5 Å². The SMILES string of the molecule is COc1ccc(NC(=O)CCCSc2ccccc2)c2ccccc12. The highest BCUT2D eigenvalue weighted by atomic mass is 32.2. The van der Waals surface area contributed by atoms with E-state index >= 15 is 0 Å². The highest BCUT2D eigenvalue weighted by Gasteiger charge is 2.09. The monoisotopic (exact) mass is 351 g/mol. The Hall–Kier alpha value is -2.46. The van der Waals surface area contributed by atoms with Crippen LogP contribution >= 0.6 is 11.8 Å². The van der Waals surface area contributed by atoms with Crippen molar-refractivity contribution in [1.82, 2.24) is 0 Å². The molecule has 0 fully saturated rings. The third kappa shape index (κ3) is 4.54. The molecule has 4 heteroatoms. The molecule has 0 aliphatic heterocycles. The van der Waals surface area contributed by atoms with Gasteiger partial charge in [0.25, 0.3) is 0 Å². The summed E-state index contributed by atoms with van der Waals surface area (Å²) in [6, 6.07) is 22.0. The highest BCUT2D eigenvalue weighted by Crippen LogP contribution is 2.31. The topological polar surface area (TPSA) is 38.3 Å². The second-order valence-electron chi connectivity index (χ2n) is 5.67. The molecule has 0 atom stereocenters. The van der Waals surface area contributed by atoms with E-state index in [0.29, 0.717) is 6.42 Å². The lowest BCUT2D eigenvalue weighted by Crippen LogP contribution is -2.11. The number of ether oxygens (including phenoxy) is 1. The molecule has 0 radical (unpaired) electrons. The van der Waals surface area contributed by atoms with E-state index in [9.17, 15) is 4.79 Å². The van der Waals surface area contributed by atoms with Crippen LogP contribution in [0.5, 0.6) is 5.75 Å². The summed E-state index contributed by atoms with van der Waals surface area (Å²) >= 11 is 1.78. The van der Waals surface area contributed by atoms with Gasteiger partial charge in [-0.15, -0.1) is 11.8 Å². The first-order valence-electron chi connectivity index (χ1n) is 8.31. The molecule has 1 N–H and O–H groups in total. The molecule has 1 amide bonds. The molecule has 0 aliphatic carbocycles. The number of carbonyl (C=O) groups is 1. The predicted molar refractivity (Wildman–Crippen MR) is 106 cm³/mol. The van der Waals surface area contributed by atoms with Crippen LogP contribution in [0.3, 0.4) is 0 Å². The normalized spacial score (nSPS) is 10.6. The molecular weight excluding hydrogens is 330 g/mol. The minimum atomic E-state index is 0.0454. The number of thioether (sulfide) groups is 1. The van der Waals surface area contributed by atoms with E-state index in [1.54, 1.807) is 18.9 Å². The van der Waals surface area contributed by atoms with E-state index in [1.165, 1.54) is 4.90 Å². The summed E-state index contributed by atoms with van der Waals surface area (Å²) in [5, 5.41) is 5.03. The fourth-order valence-electron chi connectivity index (χ4n) is 2.71. The Morgan fingerprint density at radius 1 is 0.960 bits per heavy atom. The van der Waals surface area contributed by atoms with Crippen LogP contribution in [0.1, 0.15) is 12.8 Å². The quantitative estimate of drug-likeness (QED) is 0.460. The number of benzene rings is 3. The van der Waals surface area contributed by atoms with Crippen molar-refractivity contribution in [3.8, 4) is 5.75 Å². The van der Waals surface area contributed by atoms with Crippen LogP contribution in [0.2, 0.25) is 0 Å². The Morgan fingerprint density at radius 2 is 1.68 bits per heavy atom. The molecule has 0 saturated heterocycles. The predicted octanol–water partition coefficient (Wildman–Crippen LogP) is 5.36. The molecule has 0 unspecified atom stereocenters. The molecule has 3 aromatic carbocycles. The second kappa shape index (κ2) is 8.58. The summed E-state index contributed by atoms with van der Waals surface area (Å²) in [5.74, 6) is 1.79. The van der Waals surface area contributed by atoms with Crippen LogP contribution in [0.15, 0.2) is 71.6 Å². The summed E-state index contributed by atoms with van der Waals surface area (Å²) in [5.41, 5.74) is 0.831. The highest BCUT2D eigenvalue weighted by molar-refractivity contribution is 7.99. The zero-order valence-electron chi connectivity index (χ0n) is 14.2. The first kappa shape index (κ1) is 17.4. The van der Waals surface area contributed by atoms with Gasteiger partial charge in [-0.3, -0.25) is 4.79 Å². The van der Waals surface area contributed by atoms with E-state index in [4.69, 9.17) is 4.74 Å². The number of hydrogen-bond acceptors (Lipinski definition) is 3. The van der Waals surface area contributed by atoms with Crippen LogP contribution in [0.25, 0.3) is 10.8 Å². The van der Waals surface area contributed by atoms with E-state index in [0.717, 1.165) is 34.4 Å². The maximum atomic E-state index is 12.3. The Bertz CT molecular complexity index is 849. The van der Waals surface area contributed by atoms with Gasteiger partial charge in [0.2, 0.25) is 5.91 Å². The van der Waals surface area contributed by atoms with E-state index in [-0.39, 0.29) is 5.91 Å². The first-order chi connectivity index (χ1) is 12.3. The van der Waals surface area contributed by atoms with Gasteiger partial charge in [-0.05, 0) is 36.4 Å². The number of fused-ring (bicyclic) bond motifs is 1. The Kier molecular flexibility index (Phi) is 5.96. The maximum absolute atomic E-state index is 12.3. The van der Waals surface area contributed by atoms with Crippen molar-refractivity contribution in [2.45, 2.75) is 17.7 Å². The second-order valence-corrected chi connectivity index (χ2v) is 6.84. The summed E-state index contributed by atoms with van der Waals surface area (Å²) < 4.78 is 5.39. The third-order valence-corrected chi connectivity index (χ3v) is 5.04. The molecule has 3 aromatic rings. The van der Waals surface area contributed by atoms with Crippen molar-refractivity contribution < 1.29 is 9.53 Å². The Morgan fingerprint density at radius 3 is 2.44 bits per heavy atom. The maximum Gasteiger partial charge on any atom is 0.224 e. The van der Waals surface area contributed by atoms with E-state index < -0.39 is 0 Å². The van der Waals surface area contributed by atoms with Crippen molar-refractivity contribution in [1.29, 1.82) is 0 Å². The fraction of sp³-hybridized carbons (Fsp3) is 0.190. The third-order valence-electron chi connectivity index (χ3n) is 3.94. The summed E-state index contributed by atoms with van der Waals surface area (Å²) in [4.78, 5) is 13.5. The summed E-state index contributed by atoms with van der Waals surface area (Å²) in [7, 11) is 1.66. The molecule has 25 heavy (non-hydrogen) atoms. The first-order valence-corrected chi connectivity index (χ1v) is 9.30. The zero-order chi connectivity index (χ0) is 17.5. The number of nitrogens with one attached hydrogen (secondary N) is 1. The van der Waals surface area contributed by atoms with Gasteiger partial charge in [0.15, 0.2) is 0 Å². The van der Waals surface area contributed by atoms with Gasteiger partial charge in [-0.25, -0.2) is 0 Å². The van der Waals surface area contributed by atoms with Crippen LogP contribution in [-0.4, -0.2) is 18.8 Å². The molecule has 0 heterocycles. The Labute approximate surface area is 152 Å². The van der Waals surface area contributed by atoms with Crippen molar-refractivity contribution in [3.63, 3.8) is 0 Å². The fourth-order valence-corrected chi connectivity index (χ4v) is 3.58. The smallest absolute Gasteiger partial charge is 0.224 e. The largest absolute Gasteiger partial charge is 0.496 e. The van der Waals surface area contributed by atoms with Gasteiger partial charge in [0, 0.05) is 27.8 Å². The minimum Gasteiger partial charge on any atom is -0.496 e. The van der Waals surface area contributed by atoms with E-state index in [2.05, 4.69) is 17.4 Å². The van der Waals surface area contributed by atoms with Crippen molar-refractivity contribution in [2.24, 2.45) is 0 Å². The molecule has 3 nitrogen and oxygen atoms in total. The lowest BCUT2D eigenvalue weighted by atomic mass is 10.1. The number of hydrogen-bond donors (Lipinski definition) is 1. The molecule has 0 spiro atoms. The number of anilines is 1. The van der Waals surface area contributed by atoms with Crippen LogP contribution < -0.4 is 10.1 Å². The molecule has 0 bridgehead atoms. The lowest BCUT2D eigenvalue weighted by molar-refractivity contribution is -0.116. The zero-order valence-corrected chi connectivity index (χ0v) is 15.0. The van der Waals surface area contributed by atoms with Crippen LogP contribution in [0, 0.1) is 0 Å². The molecule has 0 aliphatic rings. The molecule has 3 rings (SSSR count). The average molecular weight is 351 g/mol. The van der Waals surface area contributed by atoms with Crippen LogP contribution in [-0.2, 0) is 4.79 Å². The summed E-state index contributed by atoms with van der Waals surface area (Å²) in [6.07, 6.45) is 1.36. The van der Waals surface area contributed by atoms with Gasteiger partial charge in [-0.2, -0.15) is 0 Å². The number of carbonyl (C=O) groups excluding carboxylic acids is 1. The lowest BCUT2D eigenvalue weighted by Gasteiger charge is -2.11. The van der Waals surface area contributed by atoms with E-state index in [1.807, 2.05) is 54.6 Å². The van der Waals surface area contributed by atoms with Gasteiger partial charge in [0.1, 0.15) is 5.75 Å². The number of rotatable bonds is 7. The summed E-state index contributed by atoms with van der Waals surface area (Å²) in [6.45, 7) is 0. The molecule has 128 valence electrons. The standard InChI is InChI=1S/C21H21NO2S/c1-24-20-14-13-19(17-10-5-6-11-18(17)20)22-21(23)12-7-15-25-16-8-3-2-4-9-16/h2-6,8-11,13-14H,7,12,15H2,1H3,(H,22,23). The molecule has 0 aromatic heterocycles. The molecule has 0 saturated carbocycles. The number of amides is 1. The number of methoxy groups -OCH3 is 1. The van der Waals surface area contributed by atoms with Gasteiger partial charge >= 0.3 is 0 Å². The van der Waals surface area contributed by atoms with Crippen molar-refractivity contribution in [2.75, 3.05) is 18.2 Å². The van der Waals surface area contributed by atoms with Gasteiger partial charge in [0.05, 0.1) is 7.11 Å². The van der Waals surface area contributed by atoms with Crippen LogP contribution in [0.4, 0.5) is 5.69 Å². The van der Waals surface area contributed by atoms with Crippen molar-refractivity contribution >= 4 is 34.1 Å². The average Bonchev–Trinajstić information content (AvgIpc) is 2.66. The minimum absolute atomic E-state index is 0.0454. The Balaban J connectivity index is 1.57. The van der Waals surface area contributed by atoms with Crippen molar-refractivity contribution in [3.05, 3.63) is 66.7 Å². The molecular formula is C21H21NO2S. The van der Waals surface area contributed by atoms with Gasteiger partial charge < -0.3 is 10.1 Å².